The molecule has 4 aromatic rings. The van der Waals surface area contributed by atoms with Gasteiger partial charge in [0.05, 0.1) is 5.69 Å². The Hall–Kier alpha value is -3.22. The summed E-state index contributed by atoms with van der Waals surface area (Å²) < 4.78 is 7.25. The molecular formula is C25H26N4O2. The topological polar surface area (TPSA) is 54.5 Å². The van der Waals surface area contributed by atoms with Gasteiger partial charge in [0.25, 0.3) is 5.56 Å². The van der Waals surface area contributed by atoms with Gasteiger partial charge >= 0.3 is 0 Å². The Morgan fingerprint density at radius 2 is 1.61 bits per heavy atom. The lowest BCUT2D eigenvalue weighted by atomic mass is 10.1. The van der Waals surface area contributed by atoms with Gasteiger partial charge in [-0.3, -0.25) is 9.69 Å². The van der Waals surface area contributed by atoms with E-state index >= 15 is 0 Å². The smallest absolute Gasteiger partial charge is 0.264 e. The van der Waals surface area contributed by atoms with E-state index in [9.17, 15) is 4.79 Å². The number of likely N-dealkylation sites (N-methyl/N-ethyl adjacent to an activating group) is 1. The van der Waals surface area contributed by atoms with E-state index in [0.29, 0.717) is 16.7 Å². The molecule has 0 spiro atoms. The van der Waals surface area contributed by atoms with Crippen molar-refractivity contribution in [1.29, 1.82) is 0 Å². The monoisotopic (exact) mass is 414 g/mol. The molecule has 3 heterocycles. The lowest BCUT2D eigenvalue weighted by Gasteiger charge is -2.32. The molecule has 1 fully saturated rings. The van der Waals surface area contributed by atoms with Crippen LogP contribution in [-0.2, 0) is 13.6 Å². The summed E-state index contributed by atoms with van der Waals surface area (Å²) in [6.07, 6.45) is 0. The predicted molar refractivity (Wildman–Crippen MR) is 123 cm³/mol. The zero-order chi connectivity index (χ0) is 21.4. The van der Waals surface area contributed by atoms with Crippen LogP contribution in [0.15, 0.2) is 70.0 Å². The van der Waals surface area contributed by atoms with Crippen molar-refractivity contribution in [3.8, 4) is 22.6 Å². The molecule has 0 saturated carbocycles. The van der Waals surface area contributed by atoms with Crippen LogP contribution >= 0.6 is 0 Å². The number of nitrogens with zero attached hydrogens (tertiary/aromatic N) is 4. The summed E-state index contributed by atoms with van der Waals surface area (Å²) in [5.41, 5.74) is 4.44. The van der Waals surface area contributed by atoms with E-state index < -0.39 is 0 Å². The molecule has 5 rings (SSSR count). The van der Waals surface area contributed by atoms with Crippen molar-refractivity contribution in [3.63, 3.8) is 0 Å². The first-order chi connectivity index (χ1) is 15.1. The second-order valence-electron chi connectivity index (χ2n) is 8.31. The number of rotatable bonds is 4. The van der Waals surface area contributed by atoms with Crippen molar-refractivity contribution in [2.75, 3.05) is 33.2 Å². The van der Waals surface area contributed by atoms with E-state index in [0.717, 1.165) is 49.5 Å². The third-order valence-corrected chi connectivity index (χ3v) is 6.16. The van der Waals surface area contributed by atoms with E-state index in [1.54, 1.807) is 11.6 Å². The predicted octanol–water partition coefficient (Wildman–Crippen LogP) is 3.61. The molecule has 2 aromatic heterocycles. The van der Waals surface area contributed by atoms with E-state index in [1.807, 2.05) is 36.4 Å². The Morgan fingerprint density at radius 1 is 0.903 bits per heavy atom. The Balaban J connectivity index is 1.45. The first kappa shape index (κ1) is 19.7. The maximum Gasteiger partial charge on any atom is 0.264 e. The first-order valence-corrected chi connectivity index (χ1v) is 10.7. The third-order valence-electron chi connectivity index (χ3n) is 6.16. The lowest BCUT2D eigenvalue weighted by molar-refractivity contribution is 0.148. The minimum Gasteiger partial charge on any atom is -0.355 e. The van der Waals surface area contributed by atoms with Gasteiger partial charge in [-0.25, -0.2) is 0 Å². The van der Waals surface area contributed by atoms with E-state index in [4.69, 9.17) is 4.52 Å². The van der Waals surface area contributed by atoms with Gasteiger partial charge in [-0.15, -0.1) is 0 Å². The number of hydrogen-bond acceptors (Lipinski definition) is 5. The molecule has 0 unspecified atom stereocenters. The van der Waals surface area contributed by atoms with Crippen LogP contribution in [0.2, 0.25) is 0 Å². The van der Waals surface area contributed by atoms with Gasteiger partial charge in [-0.2, -0.15) is 0 Å². The van der Waals surface area contributed by atoms with Gasteiger partial charge in [0.1, 0.15) is 10.9 Å². The summed E-state index contributed by atoms with van der Waals surface area (Å²) in [7, 11) is 3.97. The first-order valence-electron chi connectivity index (χ1n) is 10.7. The average molecular weight is 415 g/mol. The SMILES string of the molecule is CN1CCN(Cc2ccc(-c3cc4noc(-c5ccccc5)c4c(=O)n3C)cc2)CC1. The van der Waals surface area contributed by atoms with Crippen LogP contribution in [0, 0.1) is 0 Å². The van der Waals surface area contributed by atoms with Gasteiger partial charge in [0.15, 0.2) is 5.76 Å². The second kappa shape index (κ2) is 8.13. The standard InChI is InChI=1S/C25H26N4O2/c1-27-12-14-29(15-13-27)17-18-8-10-19(11-9-18)22-16-21-23(25(30)28(22)2)24(31-26-21)20-6-4-3-5-7-20/h3-11,16H,12-15,17H2,1-2H3. The Morgan fingerprint density at radius 3 is 2.32 bits per heavy atom. The van der Waals surface area contributed by atoms with Crippen LogP contribution in [0.25, 0.3) is 33.5 Å². The summed E-state index contributed by atoms with van der Waals surface area (Å²) in [5.74, 6) is 0.519. The largest absolute Gasteiger partial charge is 0.355 e. The second-order valence-corrected chi connectivity index (χ2v) is 8.31. The fourth-order valence-electron chi connectivity index (χ4n) is 4.22. The molecule has 6 nitrogen and oxygen atoms in total. The van der Waals surface area contributed by atoms with Crippen LogP contribution in [0.5, 0.6) is 0 Å². The number of pyridine rings is 1. The van der Waals surface area contributed by atoms with Crippen LogP contribution in [0.1, 0.15) is 5.56 Å². The highest BCUT2D eigenvalue weighted by atomic mass is 16.5. The summed E-state index contributed by atoms with van der Waals surface area (Å²) in [6.45, 7) is 5.38. The quantitative estimate of drug-likeness (QED) is 0.511. The molecule has 31 heavy (non-hydrogen) atoms. The number of aromatic nitrogens is 2. The van der Waals surface area contributed by atoms with Gasteiger partial charge < -0.3 is 14.0 Å². The van der Waals surface area contributed by atoms with Crippen LogP contribution < -0.4 is 5.56 Å². The highest BCUT2D eigenvalue weighted by Gasteiger charge is 2.18. The molecule has 0 bridgehead atoms. The number of benzene rings is 2. The van der Waals surface area contributed by atoms with Gasteiger partial charge in [-0.05, 0) is 24.2 Å². The lowest BCUT2D eigenvalue weighted by Crippen LogP contribution is -2.43. The van der Waals surface area contributed by atoms with Crippen molar-refractivity contribution < 1.29 is 4.52 Å². The maximum atomic E-state index is 13.2. The van der Waals surface area contributed by atoms with Gasteiger partial charge in [0.2, 0.25) is 0 Å². The normalized spacial score (nSPS) is 15.5. The molecule has 2 aromatic carbocycles. The van der Waals surface area contributed by atoms with Crippen molar-refractivity contribution in [1.82, 2.24) is 19.5 Å². The van der Waals surface area contributed by atoms with Crippen LogP contribution in [0.3, 0.4) is 0 Å². The summed E-state index contributed by atoms with van der Waals surface area (Å²) >= 11 is 0. The maximum absolute atomic E-state index is 13.2. The van der Waals surface area contributed by atoms with Crippen molar-refractivity contribution >= 4 is 10.9 Å². The van der Waals surface area contributed by atoms with E-state index in [-0.39, 0.29) is 5.56 Å². The van der Waals surface area contributed by atoms with Crippen LogP contribution in [-0.4, -0.2) is 52.8 Å². The third kappa shape index (κ3) is 3.80. The van der Waals surface area contributed by atoms with Crippen LogP contribution in [0.4, 0.5) is 0 Å². The molecule has 1 saturated heterocycles. The molecule has 0 N–H and O–H groups in total. The fraction of sp³-hybridized carbons (Fsp3) is 0.280. The van der Waals surface area contributed by atoms with Crippen molar-refractivity contribution in [3.05, 3.63) is 76.6 Å². The fourth-order valence-corrected chi connectivity index (χ4v) is 4.22. The zero-order valence-electron chi connectivity index (χ0n) is 17.9. The van der Waals surface area contributed by atoms with E-state index in [2.05, 4.69) is 46.3 Å². The number of hydrogen-bond donors (Lipinski definition) is 0. The Kier molecular flexibility index (Phi) is 5.18. The summed E-state index contributed by atoms with van der Waals surface area (Å²) in [5, 5.41) is 4.70. The highest BCUT2D eigenvalue weighted by molar-refractivity contribution is 5.92. The summed E-state index contributed by atoms with van der Waals surface area (Å²) in [4.78, 5) is 18.0. The molecule has 1 aliphatic rings. The molecule has 6 heteroatoms. The number of piperazine rings is 1. The minimum absolute atomic E-state index is 0.103. The highest BCUT2D eigenvalue weighted by Crippen LogP contribution is 2.29. The average Bonchev–Trinajstić information content (AvgIpc) is 3.23. The molecule has 0 amide bonds. The zero-order valence-corrected chi connectivity index (χ0v) is 17.9. The number of fused-ring (bicyclic) bond motifs is 1. The molecular weight excluding hydrogens is 388 g/mol. The molecule has 0 atom stereocenters. The van der Waals surface area contributed by atoms with Crippen molar-refractivity contribution in [2.24, 2.45) is 7.05 Å². The van der Waals surface area contributed by atoms with E-state index in [1.165, 1.54) is 5.56 Å². The molecule has 0 aliphatic carbocycles. The van der Waals surface area contributed by atoms with Crippen molar-refractivity contribution in [2.45, 2.75) is 6.54 Å². The molecule has 0 radical (unpaired) electrons. The summed E-state index contributed by atoms with van der Waals surface area (Å²) in [6, 6.07) is 20.0. The molecule has 158 valence electrons. The van der Waals surface area contributed by atoms with Gasteiger partial charge in [0, 0.05) is 45.3 Å². The minimum atomic E-state index is -0.103. The Bertz CT molecular complexity index is 1250. The Labute approximate surface area is 181 Å². The van der Waals surface area contributed by atoms with Gasteiger partial charge in [-0.1, -0.05) is 59.8 Å². The molecule has 1 aliphatic heterocycles.